The fourth-order valence-electron chi connectivity index (χ4n) is 3.02. The highest BCUT2D eigenvalue weighted by atomic mass is 35.5. The van der Waals surface area contributed by atoms with Gasteiger partial charge < -0.3 is 4.74 Å². The summed E-state index contributed by atoms with van der Waals surface area (Å²) in [5.74, 6) is 0.0788. The molecule has 1 aromatic heterocycles. The maximum atomic E-state index is 13.1. The highest BCUT2D eigenvalue weighted by molar-refractivity contribution is 6.31. The smallest absolute Gasteiger partial charge is 0.419 e. The third-order valence-corrected chi connectivity index (χ3v) is 5.08. The molecule has 6 heteroatoms. The zero-order chi connectivity index (χ0) is 19.6. The third-order valence-electron chi connectivity index (χ3n) is 4.73. The minimum absolute atomic E-state index is 0.0482. The average Bonchev–Trinajstić information content (AvgIpc) is 3.12. The SMILES string of the molecule is Cc1cccc([C@H](C)c2nccn2C(=O)OCc2ccc(F)cc2Cl)c1C. The van der Waals surface area contributed by atoms with Gasteiger partial charge in [-0.3, -0.25) is 0 Å². The van der Waals surface area contributed by atoms with Crippen molar-refractivity contribution >= 4 is 17.7 Å². The van der Waals surface area contributed by atoms with Crippen LogP contribution >= 0.6 is 11.6 Å². The molecule has 0 saturated heterocycles. The number of hydrogen-bond acceptors (Lipinski definition) is 3. The second-order valence-electron chi connectivity index (χ2n) is 6.46. The summed E-state index contributed by atoms with van der Waals surface area (Å²) in [7, 11) is 0. The average molecular weight is 387 g/mol. The maximum absolute atomic E-state index is 13.1. The summed E-state index contributed by atoms with van der Waals surface area (Å²) < 4.78 is 19.9. The molecule has 2 aromatic carbocycles. The molecule has 0 saturated carbocycles. The zero-order valence-electron chi connectivity index (χ0n) is 15.4. The number of aromatic nitrogens is 2. The Labute approximate surface area is 162 Å². The van der Waals surface area contributed by atoms with Crippen molar-refractivity contribution in [3.63, 3.8) is 0 Å². The fourth-order valence-corrected chi connectivity index (χ4v) is 3.24. The van der Waals surface area contributed by atoms with E-state index in [2.05, 4.69) is 24.9 Å². The van der Waals surface area contributed by atoms with Crippen LogP contribution in [0.5, 0.6) is 0 Å². The lowest BCUT2D eigenvalue weighted by Gasteiger charge is -2.17. The Morgan fingerprint density at radius 3 is 2.81 bits per heavy atom. The van der Waals surface area contributed by atoms with Crippen molar-refractivity contribution in [1.29, 1.82) is 0 Å². The van der Waals surface area contributed by atoms with Crippen LogP contribution in [0, 0.1) is 19.7 Å². The molecule has 0 aliphatic heterocycles. The van der Waals surface area contributed by atoms with Gasteiger partial charge >= 0.3 is 6.09 Å². The lowest BCUT2D eigenvalue weighted by atomic mass is 9.93. The van der Waals surface area contributed by atoms with E-state index in [4.69, 9.17) is 16.3 Å². The lowest BCUT2D eigenvalue weighted by Crippen LogP contribution is -2.18. The Hall–Kier alpha value is -2.66. The molecular formula is C21H20ClFN2O2. The van der Waals surface area contributed by atoms with Gasteiger partial charge in [0.2, 0.25) is 0 Å². The first-order valence-corrected chi connectivity index (χ1v) is 8.96. The van der Waals surface area contributed by atoms with Crippen LogP contribution in [-0.4, -0.2) is 15.6 Å². The van der Waals surface area contributed by atoms with Crippen LogP contribution in [-0.2, 0) is 11.3 Å². The Kier molecular flexibility index (Phi) is 5.61. The monoisotopic (exact) mass is 386 g/mol. The Morgan fingerprint density at radius 2 is 2.07 bits per heavy atom. The summed E-state index contributed by atoms with van der Waals surface area (Å²) in [5, 5.41) is 0.220. The first-order chi connectivity index (χ1) is 12.9. The van der Waals surface area contributed by atoms with Crippen molar-refractivity contribution in [3.05, 3.63) is 87.7 Å². The van der Waals surface area contributed by atoms with Gasteiger partial charge in [0.05, 0.1) is 5.02 Å². The van der Waals surface area contributed by atoms with Gasteiger partial charge in [0.25, 0.3) is 0 Å². The van der Waals surface area contributed by atoms with E-state index in [0.717, 1.165) is 5.56 Å². The van der Waals surface area contributed by atoms with Crippen LogP contribution in [0.25, 0.3) is 0 Å². The molecule has 27 heavy (non-hydrogen) atoms. The first-order valence-electron chi connectivity index (χ1n) is 8.59. The van der Waals surface area contributed by atoms with Gasteiger partial charge in [-0.2, -0.15) is 0 Å². The molecule has 0 radical (unpaired) electrons. The molecule has 1 heterocycles. The number of imidazole rings is 1. The topological polar surface area (TPSA) is 44.1 Å². The summed E-state index contributed by atoms with van der Waals surface area (Å²) in [5.41, 5.74) is 4.00. The van der Waals surface area contributed by atoms with Crippen LogP contribution in [0.15, 0.2) is 48.8 Å². The van der Waals surface area contributed by atoms with E-state index in [1.54, 1.807) is 12.4 Å². The summed E-state index contributed by atoms with van der Waals surface area (Å²) in [6.07, 6.45) is 2.59. The molecule has 0 spiro atoms. The van der Waals surface area contributed by atoms with Gasteiger partial charge in [0, 0.05) is 23.9 Å². The van der Waals surface area contributed by atoms with Gasteiger partial charge in [-0.15, -0.1) is 0 Å². The molecule has 0 amide bonds. The Bertz CT molecular complexity index is 984. The molecule has 4 nitrogen and oxygen atoms in total. The molecule has 3 aromatic rings. The van der Waals surface area contributed by atoms with Crippen molar-refractivity contribution < 1.29 is 13.9 Å². The normalized spacial score (nSPS) is 12.0. The molecule has 1 atom stereocenters. The molecule has 0 unspecified atom stereocenters. The number of nitrogens with zero attached hydrogens (tertiary/aromatic N) is 2. The van der Waals surface area contributed by atoms with Crippen molar-refractivity contribution in [2.75, 3.05) is 0 Å². The molecule has 0 aliphatic rings. The minimum Gasteiger partial charge on any atom is -0.444 e. The van der Waals surface area contributed by atoms with Crippen LogP contribution in [0.2, 0.25) is 5.02 Å². The highest BCUT2D eigenvalue weighted by Gasteiger charge is 2.21. The van der Waals surface area contributed by atoms with Gasteiger partial charge in [-0.1, -0.05) is 42.8 Å². The van der Waals surface area contributed by atoms with Crippen LogP contribution < -0.4 is 0 Å². The van der Waals surface area contributed by atoms with Crippen molar-refractivity contribution in [2.45, 2.75) is 33.3 Å². The summed E-state index contributed by atoms with van der Waals surface area (Å²) in [6, 6.07) is 10.1. The number of benzene rings is 2. The lowest BCUT2D eigenvalue weighted by molar-refractivity contribution is 0.140. The van der Waals surface area contributed by atoms with E-state index >= 15 is 0 Å². The van der Waals surface area contributed by atoms with Crippen molar-refractivity contribution in [3.8, 4) is 0 Å². The van der Waals surface area contributed by atoms with E-state index in [-0.39, 0.29) is 17.5 Å². The van der Waals surface area contributed by atoms with E-state index in [0.29, 0.717) is 11.4 Å². The molecule has 0 fully saturated rings. The molecule has 3 rings (SSSR count). The second-order valence-corrected chi connectivity index (χ2v) is 6.86. The molecule has 0 N–H and O–H groups in total. The van der Waals surface area contributed by atoms with E-state index in [9.17, 15) is 9.18 Å². The third kappa shape index (κ3) is 4.03. The largest absolute Gasteiger partial charge is 0.444 e. The summed E-state index contributed by atoms with van der Waals surface area (Å²) in [6.45, 7) is 6.07. The Balaban J connectivity index is 1.79. The predicted molar refractivity (Wildman–Crippen MR) is 103 cm³/mol. The van der Waals surface area contributed by atoms with Crippen molar-refractivity contribution in [1.82, 2.24) is 9.55 Å². The molecule has 140 valence electrons. The molecule has 0 aliphatic carbocycles. The highest BCUT2D eigenvalue weighted by Crippen LogP contribution is 2.27. The van der Waals surface area contributed by atoms with E-state index in [1.807, 2.05) is 19.1 Å². The second kappa shape index (κ2) is 7.92. The Morgan fingerprint density at radius 1 is 1.30 bits per heavy atom. The fraction of sp³-hybridized carbons (Fsp3) is 0.238. The quantitative estimate of drug-likeness (QED) is 0.583. The van der Waals surface area contributed by atoms with Crippen molar-refractivity contribution in [2.24, 2.45) is 0 Å². The van der Waals surface area contributed by atoms with Crippen LogP contribution in [0.3, 0.4) is 0 Å². The van der Waals surface area contributed by atoms with Crippen LogP contribution in [0.1, 0.15) is 40.9 Å². The first kappa shape index (κ1) is 19.1. The number of hydrogen-bond donors (Lipinski definition) is 0. The summed E-state index contributed by atoms with van der Waals surface area (Å²) >= 11 is 5.98. The summed E-state index contributed by atoms with van der Waals surface area (Å²) in [4.78, 5) is 16.9. The number of rotatable bonds is 4. The van der Waals surface area contributed by atoms with Crippen LogP contribution in [0.4, 0.5) is 9.18 Å². The number of ether oxygens (including phenoxy) is 1. The predicted octanol–water partition coefficient (Wildman–Crippen LogP) is 5.63. The van der Waals surface area contributed by atoms with E-state index < -0.39 is 11.9 Å². The van der Waals surface area contributed by atoms with Gasteiger partial charge in [0.15, 0.2) is 0 Å². The minimum atomic E-state index is -0.556. The number of carbonyl (C=O) groups excluding carboxylic acids is 1. The van der Waals surface area contributed by atoms with Gasteiger partial charge in [-0.05, 0) is 42.7 Å². The van der Waals surface area contributed by atoms with Gasteiger partial charge in [0.1, 0.15) is 18.2 Å². The zero-order valence-corrected chi connectivity index (χ0v) is 16.1. The number of halogens is 2. The standard InChI is InChI=1S/C21H20ClFN2O2/c1-13-5-4-6-18(14(13)2)15(3)20-24-9-10-25(20)21(26)27-12-16-7-8-17(23)11-19(16)22/h4-11,15H,12H2,1-3H3/t15-/m0/s1. The molecular weight excluding hydrogens is 367 g/mol. The number of carbonyl (C=O) groups is 1. The maximum Gasteiger partial charge on any atom is 0.419 e. The van der Waals surface area contributed by atoms with Gasteiger partial charge in [-0.25, -0.2) is 18.7 Å². The molecule has 0 bridgehead atoms. The van der Waals surface area contributed by atoms with E-state index in [1.165, 1.54) is 33.9 Å². The number of aryl methyl sites for hydroxylation is 1.